The zero-order valence-electron chi connectivity index (χ0n) is 14.3. The number of rotatable bonds is 4. The van der Waals surface area contributed by atoms with Gasteiger partial charge in [0.25, 0.3) is 5.91 Å². The van der Waals surface area contributed by atoms with Crippen molar-refractivity contribution < 1.29 is 9.53 Å². The molecule has 0 radical (unpaired) electrons. The van der Waals surface area contributed by atoms with Gasteiger partial charge in [0.05, 0.1) is 0 Å². The number of benzene rings is 1. The van der Waals surface area contributed by atoms with Crippen molar-refractivity contribution in [2.75, 3.05) is 19.7 Å². The van der Waals surface area contributed by atoms with Crippen molar-refractivity contribution in [3.63, 3.8) is 0 Å². The number of nitrogens with zero attached hydrogens (tertiary/aromatic N) is 1. The first-order valence-corrected chi connectivity index (χ1v) is 8.16. The molecule has 1 saturated heterocycles. The predicted molar refractivity (Wildman–Crippen MR) is 89.4 cm³/mol. The number of nitrogens with one attached hydrogen (secondary N) is 1. The number of ether oxygens (including phenoxy) is 1. The quantitative estimate of drug-likeness (QED) is 0.930. The molecule has 1 aromatic carbocycles. The minimum absolute atomic E-state index is 0.0667. The summed E-state index contributed by atoms with van der Waals surface area (Å²) in [5.74, 6) is 1.28. The number of carbonyl (C=O) groups excluding carboxylic acids is 1. The monoisotopic (exact) mass is 304 g/mol. The zero-order chi connectivity index (χ0) is 16.3. The van der Waals surface area contributed by atoms with E-state index in [-0.39, 0.29) is 18.6 Å². The van der Waals surface area contributed by atoms with Gasteiger partial charge in [-0.15, -0.1) is 0 Å². The van der Waals surface area contributed by atoms with E-state index in [4.69, 9.17) is 4.74 Å². The second kappa shape index (κ2) is 7.14. The summed E-state index contributed by atoms with van der Waals surface area (Å²) in [7, 11) is 0. The number of hydrogen-bond acceptors (Lipinski definition) is 3. The molecule has 2 unspecified atom stereocenters. The van der Waals surface area contributed by atoms with Crippen molar-refractivity contribution in [3.05, 3.63) is 29.3 Å². The first-order valence-electron chi connectivity index (χ1n) is 8.16. The van der Waals surface area contributed by atoms with Gasteiger partial charge in [-0.1, -0.05) is 26.0 Å². The smallest absolute Gasteiger partial charge is 0.260 e. The third-order valence-electron chi connectivity index (χ3n) is 4.50. The van der Waals surface area contributed by atoms with Crippen molar-refractivity contribution in [1.29, 1.82) is 0 Å². The highest BCUT2D eigenvalue weighted by Gasteiger charge is 2.28. The molecule has 4 nitrogen and oxygen atoms in total. The second-order valence-corrected chi connectivity index (χ2v) is 6.56. The Kier molecular flexibility index (Phi) is 5.46. The molecule has 0 aliphatic carbocycles. The summed E-state index contributed by atoms with van der Waals surface area (Å²) in [6.45, 7) is 12.2. The summed E-state index contributed by atoms with van der Waals surface area (Å²) in [6.07, 6.45) is 0. The Morgan fingerprint density at radius 1 is 1.41 bits per heavy atom. The van der Waals surface area contributed by atoms with E-state index in [0.29, 0.717) is 12.0 Å². The van der Waals surface area contributed by atoms with Crippen molar-refractivity contribution in [2.24, 2.45) is 0 Å². The van der Waals surface area contributed by atoms with Crippen LogP contribution in [0.5, 0.6) is 5.75 Å². The van der Waals surface area contributed by atoms with Gasteiger partial charge in [0, 0.05) is 25.2 Å². The van der Waals surface area contributed by atoms with Crippen LogP contribution in [0.3, 0.4) is 0 Å². The van der Waals surface area contributed by atoms with Crippen LogP contribution in [0, 0.1) is 6.92 Å². The second-order valence-electron chi connectivity index (χ2n) is 6.56. The molecule has 0 saturated carbocycles. The number of piperazine rings is 1. The van der Waals surface area contributed by atoms with E-state index in [1.54, 1.807) is 0 Å². The van der Waals surface area contributed by atoms with Gasteiger partial charge in [0.15, 0.2) is 6.61 Å². The summed E-state index contributed by atoms with van der Waals surface area (Å²) in [6, 6.07) is 6.72. The van der Waals surface area contributed by atoms with Crippen molar-refractivity contribution in [1.82, 2.24) is 10.2 Å². The number of aryl methyl sites for hydroxylation is 1. The van der Waals surface area contributed by atoms with Crippen molar-refractivity contribution in [3.8, 4) is 5.75 Å². The van der Waals surface area contributed by atoms with Gasteiger partial charge in [0.1, 0.15) is 5.75 Å². The maximum Gasteiger partial charge on any atom is 0.260 e. The number of carbonyl (C=O) groups is 1. The van der Waals surface area contributed by atoms with Crippen LogP contribution in [0.15, 0.2) is 18.2 Å². The van der Waals surface area contributed by atoms with E-state index in [9.17, 15) is 4.79 Å². The fraction of sp³-hybridized carbons (Fsp3) is 0.611. The molecule has 1 aliphatic heterocycles. The fourth-order valence-electron chi connectivity index (χ4n) is 2.87. The predicted octanol–water partition coefficient (Wildman–Crippen LogP) is 2.71. The van der Waals surface area contributed by atoms with Crippen molar-refractivity contribution >= 4 is 5.91 Å². The minimum atomic E-state index is 0.0667. The lowest BCUT2D eigenvalue weighted by atomic mass is 10.0. The van der Waals surface area contributed by atoms with Crippen LogP contribution >= 0.6 is 0 Å². The van der Waals surface area contributed by atoms with Gasteiger partial charge in [-0.3, -0.25) is 4.79 Å². The molecule has 1 fully saturated rings. The summed E-state index contributed by atoms with van der Waals surface area (Å²) in [5, 5.41) is 3.39. The highest BCUT2D eigenvalue weighted by molar-refractivity contribution is 5.78. The van der Waals surface area contributed by atoms with Crippen LogP contribution in [0.25, 0.3) is 0 Å². The summed E-state index contributed by atoms with van der Waals surface area (Å²) >= 11 is 0. The highest BCUT2D eigenvalue weighted by Crippen LogP contribution is 2.27. The molecule has 0 spiro atoms. The Bertz CT molecular complexity index is 528. The summed E-state index contributed by atoms with van der Waals surface area (Å²) in [4.78, 5) is 14.4. The third kappa shape index (κ3) is 3.80. The Labute approximate surface area is 133 Å². The SMILES string of the molecule is Cc1ccc(C(C)C)c(OCC(=O)N2CCNC(C)C2C)c1. The molecule has 4 heteroatoms. The average molecular weight is 304 g/mol. The Hall–Kier alpha value is -1.55. The molecule has 1 aromatic rings. The van der Waals surface area contributed by atoms with E-state index in [2.05, 4.69) is 45.1 Å². The Morgan fingerprint density at radius 3 is 2.82 bits per heavy atom. The lowest BCUT2D eigenvalue weighted by molar-refractivity contribution is -0.137. The average Bonchev–Trinajstić information content (AvgIpc) is 2.47. The maximum atomic E-state index is 12.5. The van der Waals surface area contributed by atoms with Gasteiger partial charge >= 0.3 is 0 Å². The van der Waals surface area contributed by atoms with Crippen LogP contribution in [0.1, 0.15) is 44.7 Å². The van der Waals surface area contributed by atoms with Gasteiger partial charge in [-0.25, -0.2) is 0 Å². The number of hydrogen-bond donors (Lipinski definition) is 1. The summed E-state index contributed by atoms with van der Waals surface area (Å²) < 4.78 is 5.87. The first-order chi connectivity index (χ1) is 10.4. The largest absolute Gasteiger partial charge is 0.483 e. The van der Waals surface area contributed by atoms with E-state index in [1.165, 1.54) is 0 Å². The van der Waals surface area contributed by atoms with Crippen molar-refractivity contribution in [2.45, 2.75) is 52.6 Å². The van der Waals surface area contributed by atoms with Gasteiger partial charge in [-0.05, 0) is 43.9 Å². The fourth-order valence-corrected chi connectivity index (χ4v) is 2.87. The first kappa shape index (κ1) is 16.8. The van der Waals surface area contributed by atoms with Crippen LogP contribution in [0.4, 0.5) is 0 Å². The van der Waals surface area contributed by atoms with E-state index < -0.39 is 0 Å². The van der Waals surface area contributed by atoms with Gasteiger partial charge in [0.2, 0.25) is 0 Å². The van der Waals surface area contributed by atoms with Gasteiger partial charge in [-0.2, -0.15) is 0 Å². The third-order valence-corrected chi connectivity index (χ3v) is 4.50. The lowest BCUT2D eigenvalue weighted by Crippen LogP contribution is -2.58. The maximum absolute atomic E-state index is 12.5. The molecule has 1 heterocycles. The van der Waals surface area contributed by atoms with E-state index in [1.807, 2.05) is 17.9 Å². The normalized spacial score (nSPS) is 22.0. The molecule has 1 N–H and O–H groups in total. The Morgan fingerprint density at radius 2 is 2.14 bits per heavy atom. The molecule has 22 heavy (non-hydrogen) atoms. The summed E-state index contributed by atoms with van der Waals surface area (Å²) in [5.41, 5.74) is 2.30. The van der Waals surface area contributed by atoms with Crippen LogP contribution in [-0.4, -0.2) is 42.6 Å². The number of amides is 1. The zero-order valence-corrected chi connectivity index (χ0v) is 14.3. The molecular weight excluding hydrogens is 276 g/mol. The molecule has 1 aliphatic rings. The molecule has 1 amide bonds. The van der Waals surface area contributed by atoms with E-state index >= 15 is 0 Å². The van der Waals surface area contributed by atoms with Gasteiger partial charge < -0.3 is 15.0 Å². The van der Waals surface area contributed by atoms with Crippen LogP contribution < -0.4 is 10.1 Å². The Balaban J connectivity index is 2.03. The molecule has 0 bridgehead atoms. The lowest BCUT2D eigenvalue weighted by Gasteiger charge is -2.38. The van der Waals surface area contributed by atoms with Crippen LogP contribution in [0.2, 0.25) is 0 Å². The van der Waals surface area contributed by atoms with Crippen LogP contribution in [-0.2, 0) is 4.79 Å². The standard InChI is InChI=1S/C18H28N2O2/c1-12(2)16-7-6-13(3)10-17(16)22-11-18(21)20-9-8-19-14(4)15(20)5/h6-7,10,12,14-15,19H,8-9,11H2,1-5H3. The molecule has 2 atom stereocenters. The topological polar surface area (TPSA) is 41.6 Å². The molecule has 122 valence electrons. The minimum Gasteiger partial charge on any atom is -0.483 e. The molecule has 2 rings (SSSR count). The molecular formula is C18H28N2O2. The molecule has 0 aromatic heterocycles. The highest BCUT2D eigenvalue weighted by atomic mass is 16.5. The van der Waals surface area contributed by atoms with E-state index in [0.717, 1.165) is 30.0 Å².